The van der Waals surface area contributed by atoms with E-state index in [1.807, 2.05) is 34.9 Å². The van der Waals surface area contributed by atoms with Gasteiger partial charge in [-0.2, -0.15) is 0 Å². The first-order valence-corrected chi connectivity index (χ1v) is 10.9. The van der Waals surface area contributed by atoms with Crippen LogP contribution in [-0.2, 0) is 12.8 Å². The fraction of sp³-hybridized carbons (Fsp3) is 0.400. The Bertz CT molecular complexity index is 976. The molecule has 0 saturated heterocycles. The van der Waals surface area contributed by atoms with Gasteiger partial charge in [0.2, 0.25) is 0 Å². The van der Waals surface area contributed by atoms with Gasteiger partial charge < -0.3 is 4.90 Å². The molecule has 0 N–H and O–H groups in total. The number of hydrogen-bond acceptors (Lipinski definition) is 5. The number of benzene rings is 1. The molecule has 0 fully saturated rings. The molecule has 2 heterocycles. The number of thiophene rings is 1. The summed E-state index contributed by atoms with van der Waals surface area (Å²) in [4.78, 5) is 22.9. The average molecular weight is 386 g/mol. The molecule has 0 radical (unpaired) electrons. The minimum absolute atomic E-state index is 0.0907. The predicted molar refractivity (Wildman–Crippen MR) is 111 cm³/mol. The predicted octanol–water partition coefficient (Wildman–Crippen LogP) is 3.98. The molecule has 0 bridgehead atoms. The zero-order chi connectivity index (χ0) is 18.1. The van der Waals surface area contributed by atoms with Crippen molar-refractivity contribution >= 4 is 33.3 Å². The maximum atomic E-state index is 13.5. The molecule has 1 aromatic carbocycles. The molecule has 4 nitrogen and oxygen atoms in total. The highest BCUT2D eigenvalue weighted by molar-refractivity contribution is 7.99. The molecule has 0 aliphatic heterocycles. The van der Waals surface area contributed by atoms with E-state index in [0.29, 0.717) is 0 Å². The number of hydrogen-bond donors (Lipinski definition) is 0. The number of fused-ring (bicyclic) bond motifs is 3. The SMILES string of the molecule is CN(C)CCSc1nc2sc3c(c2c(=O)n1-c1ccccc1)CCCC3. The van der Waals surface area contributed by atoms with E-state index in [4.69, 9.17) is 4.98 Å². The summed E-state index contributed by atoms with van der Waals surface area (Å²) in [6, 6.07) is 9.91. The van der Waals surface area contributed by atoms with E-state index < -0.39 is 0 Å². The Morgan fingerprint density at radius 3 is 2.73 bits per heavy atom. The van der Waals surface area contributed by atoms with Gasteiger partial charge in [0.05, 0.1) is 11.1 Å². The molecule has 1 aliphatic rings. The number of thioether (sulfide) groups is 1. The van der Waals surface area contributed by atoms with Gasteiger partial charge in [-0.3, -0.25) is 9.36 Å². The Morgan fingerprint density at radius 1 is 1.19 bits per heavy atom. The van der Waals surface area contributed by atoms with E-state index in [9.17, 15) is 4.79 Å². The normalized spacial score (nSPS) is 14.1. The zero-order valence-corrected chi connectivity index (χ0v) is 16.8. The lowest BCUT2D eigenvalue weighted by Crippen LogP contribution is -2.23. The first-order valence-electron chi connectivity index (χ1n) is 9.05. The van der Waals surface area contributed by atoms with Gasteiger partial charge >= 0.3 is 0 Å². The molecule has 0 unspecified atom stereocenters. The molecule has 0 spiro atoms. The van der Waals surface area contributed by atoms with Crippen LogP contribution >= 0.6 is 23.1 Å². The average Bonchev–Trinajstić information content (AvgIpc) is 3.01. The lowest BCUT2D eigenvalue weighted by Gasteiger charge is -2.14. The van der Waals surface area contributed by atoms with Crippen molar-refractivity contribution in [3.63, 3.8) is 0 Å². The molecular formula is C20H23N3OS2. The van der Waals surface area contributed by atoms with Crippen LogP contribution < -0.4 is 5.56 Å². The van der Waals surface area contributed by atoms with E-state index in [-0.39, 0.29) is 5.56 Å². The largest absolute Gasteiger partial charge is 0.309 e. The monoisotopic (exact) mass is 385 g/mol. The van der Waals surface area contributed by atoms with Crippen molar-refractivity contribution in [3.05, 3.63) is 51.1 Å². The Labute approximate surface area is 161 Å². The first-order chi connectivity index (χ1) is 12.6. The molecule has 0 saturated carbocycles. The molecule has 1 aliphatic carbocycles. The molecule has 3 aromatic rings. The van der Waals surface area contributed by atoms with Crippen molar-refractivity contribution in [2.75, 3.05) is 26.4 Å². The number of aryl methyl sites for hydroxylation is 2. The van der Waals surface area contributed by atoms with Gasteiger partial charge in [0.1, 0.15) is 4.83 Å². The summed E-state index contributed by atoms with van der Waals surface area (Å²) in [7, 11) is 4.13. The highest BCUT2D eigenvalue weighted by Gasteiger charge is 2.22. The van der Waals surface area contributed by atoms with Crippen LogP contribution in [0.1, 0.15) is 23.3 Å². The zero-order valence-electron chi connectivity index (χ0n) is 15.2. The lowest BCUT2D eigenvalue weighted by atomic mass is 9.97. The first kappa shape index (κ1) is 17.8. The minimum atomic E-state index is 0.0907. The molecule has 6 heteroatoms. The van der Waals surface area contributed by atoms with E-state index in [2.05, 4.69) is 19.0 Å². The molecule has 0 amide bonds. The summed E-state index contributed by atoms with van der Waals surface area (Å²) in [5, 5.41) is 1.65. The minimum Gasteiger partial charge on any atom is -0.309 e. The van der Waals surface area contributed by atoms with Gasteiger partial charge in [-0.05, 0) is 57.5 Å². The van der Waals surface area contributed by atoms with Gasteiger partial charge in [-0.15, -0.1) is 11.3 Å². The van der Waals surface area contributed by atoms with Crippen LogP contribution in [0.4, 0.5) is 0 Å². The fourth-order valence-corrected chi connectivity index (χ4v) is 5.83. The molecule has 136 valence electrons. The second-order valence-corrected chi connectivity index (χ2v) is 9.06. The van der Waals surface area contributed by atoms with Crippen LogP contribution in [0.15, 0.2) is 40.3 Å². The summed E-state index contributed by atoms with van der Waals surface area (Å²) in [6.07, 6.45) is 4.48. The van der Waals surface area contributed by atoms with Crippen molar-refractivity contribution in [1.29, 1.82) is 0 Å². The Hall–Kier alpha value is -1.63. The standard InChI is InChI=1S/C20H23N3OS2/c1-22(2)12-13-25-20-21-18-17(15-10-6-7-11-16(15)26-18)19(24)23(20)14-8-4-3-5-9-14/h3-5,8-9H,6-7,10-13H2,1-2H3. The van der Waals surface area contributed by atoms with Crippen LogP contribution in [0, 0.1) is 0 Å². The topological polar surface area (TPSA) is 38.1 Å². The van der Waals surface area contributed by atoms with Gasteiger partial charge in [-0.1, -0.05) is 30.0 Å². The lowest BCUT2D eigenvalue weighted by molar-refractivity contribution is 0.437. The smallest absolute Gasteiger partial charge is 0.267 e. The molecule has 0 atom stereocenters. The van der Waals surface area contributed by atoms with Crippen molar-refractivity contribution in [1.82, 2.24) is 14.5 Å². The van der Waals surface area contributed by atoms with Crippen molar-refractivity contribution < 1.29 is 0 Å². The van der Waals surface area contributed by atoms with Gasteiger partial charge in [-0.25, -0.2) is 4.98 Å². The highest BCUT2D eigenvalue weighted by Crippen LogP contribution is 2.35. The van der Waals surface area contributed by atoms with Crippen LogP contribution in [0.5, 0.6) is 0 Å². The van der Waals surface area contributed by atoms with Crippen LogP contribution in [0.25, 0.3) is 15.9 Å². The van der Waals surface area contributed by atoms with Crippen molar-refractivity contribution in [3.8, 4) is 5.69 Å². The Kier molecular flexibility index (Phi) is 5.16. The van der Waals surface area contributed by atoms with Gasteiger partial charge in [0.15, 0.2) is 5.16 Å². The number of nitrogens with zero attached hydrogens (tertiary/aromatic N) is 3. The van der Waals surface area contributed by atoms with E-state index >= 15 is 0 Å². The van der Waals surface area contributed by atoms with Gasteiger partial charge in [0.25, 0.3) is 5.56 Å². The van der Waals surface area contributed by atoms with E-state index in [1.54, 1.807) is 23.1 Å². The Balaban J connectivity index is 1.89. The molecule has 26 heavy (non-hydrogen) atoms. The molecular weight excluding hydrogens is 362 g/mol. The summed E-state index contributed by atoms with van der Waals surface area (Å²) in [5.41, 5.74) is 2.24. The van der Waals surface area contributed by atoms with Crippen LogP contribution in [0.3, 0.4) is 0 Å². The second-order valence-electron chi connectivity index (χ2n) is 6.91. The highest BCUT2D eigenvalue weighted by atomic mass is 32.2. The van der Waals surface area contributed by atoms with Crippen LogP contribution in [-0.4, -0.2) is 40.8 Å². The quantitative estimate of drug-likeness (QED) is 0.492. The van der Waals surface area contributed by atoms with Crippen LogP contribution in [0.2, 0.25) is 0 Å². The molecule has 4 rings (SSSR count). The third-order valence-electron chi connectivity index (χ3n) is 4.74. The second kappa shape index (κ2) is 7.55. The third kappa shape index (κ3) is 3.33. The number of aromatic nitrogens is 2. The summed E-state index contributed by atoms with van der Waals surface area (Å²) in [5.74, 6) is 0.906. The Morgan fingerprint density at radius 2 is 1.96 bits per heavy atom. The maximum absolute atomic E-state index is 13.5. The summed E-state index contributed by atoms with van der Waals surface area (Å²) < 4.78 is 1.81. The molecule has 2 aromatic heterocycles. The number of para-hydroxylation sites is 1. The van der Waals surface area contributed by atoms with Gasteiger partial charge in [0, 0.05) is 17.2 Å². The van der Waals surface area contributed by atoms with E-state index in [0.717, 1.165) is 46.2 Å². The fourth-order valence-electron chi connectivity index (χ4n) is 3.41. The van der Waals surface area contributed by atoms with Crippen molar-refractivity contribution in [2.24, 2.45) is 0 Å². The van der Waals surface area contributed by atoms with E-state index in [1.165, 1.54) is 23.3 Å². The third-order valence-corrected chi connectivity index (χ3v) is 6.85. The number of rotatable bonds is 5. The summed E-state index contributed by atoms with van der Waals surface area (Å²) >= 11 is 3.39. The maximum Gasteiger partial charge on any atom is 0.267 e. The van der Waals surface area contributed by atoms with Crippen molar-refractivity contribution in [2.45, 2.75) is 30.8 Å². The summed E-state index contributed by atoms with van der Waals surface area (Å²) in [6.45, 7) is 0.953.